The van der Waals surface area contributed by atoms with Crippen molar-refractivity contribution in [3.63, 3.8) is 0 Å². The highest BCUT2D eigenvalue weighted by atomic mass is 79.9. The van der Waals surface area contributed by atoms with E-state index in [0.29, 0.717) is 15.9 Å². The molecule has 2 rings (SSSR count). The van der Waals surface area contributed by atoms with E-state index < -0.39 is 10.0 Å². The maximum atomic E-state index is 12.5. The van der Waals surface area contributed by atoms with Crippen LogP contribution in [0.15, 0.2) is 51.8 Å². The van der Waals surface area contributed by atoms with E-state index in [9.17, 15) is 8.42 Å². The van der Waals surface area contributed by atoms with Crippen molar-refractivity contribution < 1.29 is 17.9 Å². The van der Waals surface area contributed by atoms with Crippen molar-refractivity contribution in [3.8, 4) is 11.5 Å². The number of sulfonamides is 1. The summed E-state index contributed by atoms with van der Waals surface area (Å²) in [4.78, 5) is 0.0431. The van der Waals surface area contributed by atoms with Gasteiger partial charge in [-0.25, -0.2) is 8.42 Å². The van der Waals surface area contributed by atoms with Gasteiger partial charge in [0.05, 0.1) is 19.9 Å². The van der Waals surface area contributed by atoms with E-state index in [2.05, 4.69) is 20.7 Å². The van der Waals surface area contributed by atoms with Crippen LogP contribution in [0.2, 0.25) is 0 Å². The monoisotopic (exact) mass is 371 g/mol. The molecule has 0 saturated carbocycles. The molecule has 0 aromatic heterocycles. The molecule has 0 atom stereocenters. The van der Waals surface area contributed by atoms with Gasteiger partial charge in [-0.3, -0.25) is 4.72 Å². The molecule has 0 saturated heterocycles. The Morgan fingerprint density at radius 1 is 1.05 bits per heavy atom. The Labute approximate surface area is 132 Å². The number of hydrogen-bond donors (Lipinski definition) is 1. The number of halogens is 1. The normalized spacial score (nSPS) is 11.0. The molecule has 112 valence electrons. The van der Waals surface area contributed by atoms with Gasteiger partial charge >= 0.3 is 0 Å². The number of benzene rings is 2. The average molecular weight is 372 g/mol. The zero-order chi connectivity index (χ0) is 15.5. The second-order valence-electron chi connectivity index (χ2n) is 4.10. The minimum Gasteiger partial charge on any atom is -0.497 e. The van der Waals surface area contributed by atoms with Gasteiger partial charge in [0.25, 0.3) is 10.0 Å². The molecule has 0 amide bonds. The fourth-order valence-electron chi connectivity index (χ4n) is 1.74. The molecule has 0 spiro atoms. The topological polar surface area (TPSA) is 64.6 Å². The van der Waals surface area contributed by atoms with Gasteiger partial charge in [0.15, 0.2) is 0 Å². The van der Waals surface area contributed by atoms with Gasteiger partial charge in [-0.2, -0.15) is 0 Å². The summed E-state index contributed by atoms with van der Waals surface area (Å²) in [6, 6.07) is 11.5. The maximum absolute atomic E-state index is 12.5. The molecule has 0 radical (unpaired) electrons. The summed E-state index contributed by atoms with van der Waals surface area (Å²) < 4.78 is 38.3. The highest BCUT2D eigenvalue weighted by molar-refractivity contribution is 9.10. The first kappa shape index (κ1) is 15.7. The van der Waals surface area contributed by atoms with Crippen LogP contribution in [-0.2, 0) is 10.0 Å². The first-order valence-electron chi connectivity index (χ1n) is 5.97. The van der Waals surface area contributed by atoms with E-state index in [1.54, 1.807) is 30.3 Å². The van der Waals surface area contributed by atoms with E-state index in [1.807, 2.05) is 0 Å². The summed E-state index contributed by atoms with van der Waals surface area (Å²) >= 11 is 3.30. The molecule has 0 aliphatic rings. The molecule has 7 heteroatoms. The third-order valence-corrected chi connectivity index (χ3v) is 4.87. The molecule has 5 nitrogen and oxygen atoms in total. The SMILES string of the molecule is COc1ccc(S(=O)(=O)Nc2ccccc2Br)c(OC)c1. The van der Waals surface area contributed by atoms with Crippen LogP contribution in [0.5, 0.6) is 11.5 Å². The van der Waals surface area contributed by atoms with Gasteiger partial charge in [0, 0.05) is 10.5 Å². The van der Waals surface area contributed by atoms with Gasteiger partial charge in [-0.05, 0) is 40.2 Å². The van der Waals surface area contributed by atoms with Crippen molar-refractivity contribution in [2.45, 2.75) is 4.90 Å². The summed E-state index contributed by atoms with van der Waals surface area (Å²) in [7, 11) is -0.853. The van der Waals surface area contributed by atoms with E-state index >= 15 is 0 Å². The molecule has 1 N–H and O–H groups in total. The van der Waals surface area contributed by atoms with E-state index in [-0.39, 0.29) is 10.6 Å². The van der Waals surface area contributed by atoms with Crippen molar-refractivity contribution in [2.75, 3.05) is 18.9 Å². The summed E-state index contributed by atoms with van der Waals surface area (Å²) in [5.74, 6) is 0.737. The molecule has 2 aromatic carbocycles. The summed E-state index contributed by atoms with van der Waals surface area (Å²) in [6.07, 6.45) is 0. The average Bonchev–Trinajstić information content (AvgIpc) is 2.48. The molecule has 21 heavy (non-hydrogen) atoms. The second-order valence-corrected chi connectivity index (χ2v) is 6.61. The van der Waals surface area contributed by atoms with Crippen LogP contribution in [0.4, 0.5) is 5.69 Å². The first-order valence-corrected chi connectivity index (χ1v) is 8.25. The number of rotatable bonds is 5. The van der Waals surface area contributed by atoms with Gasteiger partial charge < -0.3 is 9.47 Å². The standard InChI is InChI=1S/C14H14BrNO4S/c1-19-10-7-8-14(13(9-10)20-2)21(17,18)16-12-6-4-3-5-11(12)15/h3-9,16H,1-2H3. The molecule has 0 aliphatic heterocycles. The van der Waals surface area contributed by atoms with Gasteiger partial charge in [-0.15, -0.1) is 0 Å². The van der Waals surface area contributed by atoms with Crippen LogP contribution in [0.3, 0.4) is 0 Å². The Kier molecular flexibility index (Phi) is 4.74. The van der Waals surface area contributed by atoms with Crippen LogP contribution < -0.4 is 14.2 Å². The quantitative estimate of drug-likeness (QED) is 0.875. The third kappa shape index (κ3) is 3.48. The summed E-state index contributed by atoms with van der Waals surface area (Å²) in [5, 5.41) is 0. The van der Waals surface area contributed by atoms with Crippen molar-refractivity contribution in [1.82, 2.24) is 0 Å². The highest BCUT2D eigenvalue weighted by Gasteiger charge is 2.21. The molecule has 0 fully saturated rings. The van der Waals surface area contributed by atoms with Gasteiger partial charge in [-0.1, -0.05) is 12.1 Å². The minimum absolute atomic E-state index is 0.0431. The number of hydrogen-bond acceptors (Lipinski definition) is 4. The number of ether oxygens (including phenoxy) is 2. The van der Waals surface area contributed by atoms with Crippen LogP contribution in [0.1, 0.15) is 0 Å². The second kappa shape index (κ2) is 6.36. The maximum Gasteiger partial charge on any atom is 0.265 e. The van der Waals surface area contributed by atoms with Crippen LogP contribution in [0, 0.1) is 0 Å². The Hall–Kier alpha value is -1.73. The minimum atomic E-state index is -3.76. The number of para-hydroxylation sites is 1. The Bertz CT molecular complexity index is 746. The summed E-state index contributed by atoms with van der Waals surface area (Å²) in [5.41, 5.74) is 0.454. The van der Waals surface area contributed by atoms with Gasteiger partial charge in [0.2, 0.25) is 0 Å². The smallest absolute Gasteiger partial charge is 0.265 e. The number of methoxy groups -OCH3 is 2. The van der Waals surface area contributed by atoms with Crippen LogP contribution in [-0.4, -0.2) is 22.6 Å². The fourth-order valence-corrected chi connectivity index (χ4v) is 3.49. The van der Waals surface area contributed by atoms with Crippen LogP contribution in [0.25, 0.3) is 0 Å². The predicted molar refractivity (Wildman–Crippen MR) is 84.5 cm³/mol. The Morgan fingerprint density at radius 3 is 2.38 bits per heavy atom. The predicted octanol–water partition coefficient (Wildman–Crippen LogP) is 3.27. The lowest BCUT2D eigenvalue weighted by Crippen LogP contribution is -2.14. The van der Waals surface area contributed by atoms with Crippen LogP contribution >= 0.6 is 15.9 Å². The van der Waals surface area contributed by atoms with E-state index in [1.165, 1.54) is 26.4 Å². The highest BCUT2D eigenvalue weighted by Crippen LogP contribution is 2.31. The molecular formula is C14H14BrNO4S. The van der Waals surface area contributed by atoms with Crippen molar-refractivity contribution >= 4 is 31.6 Å². The molecule has 0 unspecified atom stereocenters. The number of nitrogens with one attached hydrogen (secondary N) is 1. The lowest BCUT2D eigenvalue weighted by molar-refractivity contribution is 0.386. The first-order chi connectivity index (χ1) is 9.97. The zero-order valence-corrected chi connectivity index (χ0v) is 13.9. The molecule has 2 aromatic rings. The number of anilines is 1. The Balaban J connectivity index is 2.42. The Morgan fingerprint density at radius 2 is 1.76 bits per heavy atom. The van der Waals surface area contributed by atoms with Crippen molar-refractivity contribution in [3.05, 3.63) is 46.9 Å². The summed E-state index contributed by atoms with van der Waals surface area (Å²) in [6.45, 7) is 0. The third-order valence-electron chi connectivity index (χ3n) is 2.78. The molecule has 0 bridgehead atoms. The van der Waals surface area contributed by atoms with Crippen molar-refractivity contribution in [1.29, 1.82) is 0 Å². The lowest BCUT2D eigenvalue weighted by Gasteiger charge is -2.13. The lowest BCUT2D eigenvalue weighted by atomic mass is 10.3. The fraction of sp³-hybridized carbons (Fsp3) is 0.143. The largest absolute Gasteiger partial charge is 0.497 e. The van der Waals surface area contributed by atoms with Gasteiger partial charge in [0.1, 0.15) is 16.4 Å². The van der Waals surface area contributed by atoms with E-state index in [0.717, 1.165) is 0 Å². The molecular weight excluding hydrogens is 358 g/mol. The molecule has 0 aliphatic carbocycles. The van der Waals surface area contributed by atoms with E-state index in [4.69, 9.17) is 9.47 Å². The van der Waals surface area contributed by atoms with Crippen molar-refractivity contribution in [2.24, 2.45) is 0 Å². The zero-order valence-electron chi connectivity index (χ0n) is 11.5. The molecule has 0 heterocycles.